The molecule has 0 unspecified atom stereocenters. The van der Waals surface area contributed by atoms with Gasteiger partial charge in [0.05, 0.1) is 15.7 Å². The molecule has 0 N–H and O–H groups in total. The van der Waals surface area contributed by atoms with E-state index in [0.717, 1.165) is 17.4 Å². The lowest BCUT2D eigenvalue weighted by Crippen LogP contribution is -1.89. The lowest BCUT2D eigenvalue weighted by Gasteiger charge is -1.94. The van der Waals surface area contributed by atoms with Crippen LogP contribution in [-0.2, 0) is 0 Å². The Labute approximate surface area is 69.5 Å². The van der Waals surface area contributed by atoms with Crippen LogP contribution in [-0.4, -0.2) is 4.98 Å². The molecule has 5 heteroatoms. The van der Waals surface area contributed by atoms with Crippen LogP contribution in [0.2, 0.25) is 0 Å². The van der Waals surface area contributed by atoms with Gasteiger partial charge in [0.1, 0.15) is 0 Å². The number of rotatable bonds is 0. The summed E-state index contributed by atoms with van der Waals surface area (Å²) in [5.74, 6) is -3.80. The summed E-state index contributed by atoms with van der Waals surface area (Å²) in [5, 5.41) is 0. The summed E-state index contributed by atoms with van der Waals surface area (Å²) in [6.45, 7) is 0. The summed E-state index contributed by atoms with van der Waals surface area (Å²) in [6.07, 6.45) is 0. The minimum absolute atomic E-state index is 0.0499. The minimum atomic E-state index is -1.44. The van der Waals surface area contributed by atoms with Gasteiger partial charge < -0.3 is 0 Å². The van der Waals surface area contributed by atoms with Crippen LogP contribution in [0.25, 0.3) is 10.2 Å². The van der Waals surface area contributed by atoms with Crippen molar-refractivity contribution in [2.45, 2.75) is 0 Å². The minimum Gasteiger partial charge on any atom is -0.244 e. The van der Waals surface area contributed by atoms with Crippen LogP contribution in [0.4, 0.5) is 13.2 Å². The quantitative estimate of drug-likeness (QED) is 0.580. The predicted molar refractivity (Wildman–Crippen MR) is 39.5 cm³/mol. The molecule has 1 nitrogen and oxygen atoms in total. The van der Waals surface area contributed by atoms with Crippen molar-refractivity contribution in [3.8, 4) is 0 Å². The van der Waals surface area contributed by atoms with Crippen molar-refractivity contribution < 1.29 is 13.2 Å². The average molecular weight is 189 g/mol. The van der Waals surface area contributed by atoms with Gasteiger partial charge in [0, 0.05) is 6.07 Å². The van der Waals surface area contributed by atoms with Gasteiger partial charge >= 0.3 is 0 Å². The van der Waals surface area contributed by atoms with E-state index in [2.05, 4.69) is 4.98 Å². The summed E-state index contributed by atoms with van der Waals surface area (Å²) in [6, 6.07) is 0.879. The van der Waals surface area contributed by atoms with Crippen molar-refractivity contribution in [1.29, 1.82) is 0 Å². The molecule has 12 heavy (non-hydrogen) atoms. The third kappa shape index (κ3) is 0.896. The molecule has 0 spiro atoms. The number of benzene rings is 1. The van der Waals surface area contributed by atoms with Crippen LogP contribution in [0, 0.1) is 17.5 Å². The first kappa shape index (κ1) is 7.54. The molecule has 2 aromatic rings. The van der Waals surface area contributed by atoms with E-state index in [-0.39, 0.29) is 10.2 Å². The van der Waals surface area contributed by atoms with Crippen molar-refractivity contribution in [2.24, 2.45) is 0 Å². The third-order valence-electron chi connectivity index (χ3n) is 1.46. The number of hydrogen-bond acceptors (Lipinski definition) is 2. The molecule has 2 rings (SSSR count). The van der Waals surface area contributed by atoms with Gasteiger partial charge in [0.25, 0.3) is 0 Å². The lowest BCUT2D eigenvalue weighted by atomic mass is 10.3. The van der Waals surface area contributed by atoms with Crippen LogP contribution >= 0.6 is 11.3 Å². The highest BCUT2D eigenvalue weighted by Crippen LogP contribution is 2.24. The summed E-state index contributed by atoms with van der Waals surface area (Å²) in [7, 11) is 0. The third-order valence-corrected chi connectivity index (χ3v) is 2.30. The number of nitrogens with zero attached hydrogens (tertiary/aromatic N) is 1. The normalized spacial score (nSPS) is 10.9. The van der Waals surface area contributed by atoms with Crippen molar-refractivity contribution >= 4 is 21.6 Å². The Kier molecular flexibility index (Phi) is 1.54. The SMILES string of the molecule is Fc1cc2ncsc2c(F)c1F. The maximum atomic E-state index is 12.8. The molecule has 0 amide bonds. The van der Waals surface area contributed by atoms with Crippen molar-refractivity contribution in [3.63, 3.8) is 0 Å². The highest BCUT2D eigenvalue weighted by atomic mass is 32.1. The Balaban J connectivity index is 2.94. The molecule has 0 atom stereocenters. The maximum Gasteiger partial charge on any atom is 0.196 e. The fourth-order valence-corrected chi connectivity index (χ4v) is 1.61. The van der Waals surface area contributed by atoms with E-state index in [1.807, 2.05) is 0 Å². The molecule has 1 aromatic heterocycles. The second kappa shape index (κ2) is 2.45. The smallest absolute Gasteiger partial charge is 0.196 e. The zero-order chi connectivity index (χ0) is 8.72. The molecule has 0 aliphatic carbocycles. The lowest BCUT2D eigenvalue weighted by molar-refractivity contribution is 0.454. The second-order valence-electron chi connectivity index (χ2n) is 2.19. The Hall–Kier alpha value is -1.10. The number of aromatic nitrogens is 1. The standard InChI is InChI=1S/C7H2F3NS/c8-3-1-4-7(12-2-11-4)6(10)5(3)9/h1-2H. The van der Waals surface area contributed by atoms with E-state index in [9.17, 15) is 13.2 Å². The molecule has 1 aromatic carbocycles. The Morgan fingerprint density at radius 3 is 2.67 bits per heavy atom. The summed E-state index contributed by atoms with van der Waals surface area (Å²) in [4.78, 5) is 3.65. The van der Waals surface area contributed by atoms with Crippen LogP contribution < -0.4 is 0 Å². The van der Waals surface area contributed by atoms with Crippen LogP contribution in [0.3, 0.4) is 0 Å². The van der Waals surface area contributed by atoms with E-state index < -0.39 is 17.5 Å². The van der Waals surface area contributed by atoms with Gasteiger partial charge in [-0.25, -0.2) is 18.2 Å². The van der Waals surface area contributed by atoms with Gasteiger partial charge in [-0.15, -0.1) is 11.3 Å². The van der Waals surface area contributed by atoms with E-state index in [1.165, 1.54) is 5.51 Å². The Bertz CT molecular complexity index is 437. The summed E-state index contributed by atoms with van der Waals surface area (Å²) in [5.41, 5.74) is 1.49. The van der Waals surface area contributed by atoms with Crippen molar-refractivity contribution in [2.75, 3.05) is 0 Å². The summed E-state index contributed by atoms with van der Waals surface area (Å²) < 4.78 is 38.0. The zero-order valence-corrected chi connectivity index (χ0v) is 6.46. The van der Waals surface area contributed by atoms with E-state index in [0.29, 0.717) is 0 Å². The number of hydrogen-bond donors (Lipinski definition) is 0. The van der Waals surface area contributed by atoms with Gasteiger partial charge in [-0.2, -0.15) is 0 Å². The Morgan fingerprint density at radius 1 is 1.17 bits per heavy atom. The number of fused-ring (bicyclic) bond motifs is 1. The maximum absolute atomic E-state index is 12.8. The van der Waals surface area contributed by atoms with E-state index in [4.69, 9.17) is 0 Å². The highest BCUT2D eigenvalue weighted by molar-refractivity contribution is 7.16. The highest BCUT2D eigenvalue weighted by Gasteiger charge is 2.14. The molecule has 0 radical (unpaired) electrons. The van der Waals surface area contributed by atoms with Crippen molar-refractivity contribution in [1.82, 2.24) is 4.98 Å². The molecular formula is C7H2F3NS. The second-order valence-corrected chi connectivity index (χ2v) is 3.04. The molecule has 62 valence electrons. The van der Waals surface area contributed by atoms with Crippen molar-refractivity contribution in [3.05, 3.63) is 29.0 Å². The van der Waals surface area contributed by atoms with Gasteiger partial charge in [0.15, 0.2) is 17.5 Å². The Morgan fingerprint density at radius 2 is 1.92 bits per heavy atom. The molecule has 1 heterocycles. The molecule has 0 aliphatic rings. The molecule has 0 fully saturated rings. The van der Waals surface area contributed by atoms with Gasteiger partial charge in [0.2, 0.25) is 0 Å². The van der Waals surface area contributed by atoms with Crippen LogP contribution in [0.5, 0.6) is 0 Å². The monoisotopic (exact) mass is 189 g/mol. The first-order chi connectivity index (χ1) is 5.70. The number of halogens is 3. The van der Waals surface area contributed by atoms with Gasteiger partial charge in [-0.3, -0.25) is 0 Å². The van der Waals surface area contributed by atoms with Crippen LogP contribution in [0.15, 0.2) is 11.6 Å². The largest absolute Gasteiger partial charge is 0.244 e. The predicted octanol–water partition coefficient (Wildman–Crippen LogP) is 2.71. The fraction of sp³-hybridized carbons (Fsp3) is 0. The molecular weight excluding hydrogens is 187 g/mol. The van der Waals surface area contributed by atoms with E-state index in [1.54, 1.807) is 0 Å². The van der Waals surface area contributed by atoms with Gasteiger partial charge in [-0.1, -0.05) is 0 Å². The molecule has 0 aliphatic heterocycles. The first-order valence-corrected chi connectivity index (χ1v) is 3.95. The number of thiazole rings is 1. The van der Waals surface area contributed by atoms with Gasteiger partial charge in [-0.05, 0) is 0 Å². The molecule has 0 saturated heterocycles. The fourth-order valence-electron chi connectivity index (χ4n) is 0.910. The topological polar surface area (TPSA) is 12.9 Å². The molecule has 0 bridgehead atoms. The summed E-state index contributed by atoms with van der Waals surface area (Å²) >= 11 is 0.944. The average Bonchev–Trinajstić information content (AvgIpc) is 2.48. The van der Waals surface area contributed by atoms with E-state index >= 15 is 0 Å². The zero-order valence-electron chi connectivity index (χ0n) is 5.64. The molecule has 0 saturated carbocycles. The first-order valence-electron chi connectivity index (χ1n) is 3.07. The van der Waals surface area contributed by atoms with Crippen LogP contribution in [0.1, 0.15) is 0 Å².